The van der Waals surface area contributed by atoms with E-state index in [1.807, 2.05) is 0 Å². The van der Waals surface area contributed by atoms with E-state index in [0.717, 1.165) is 6.29 Å². The van der Waals surface area contributed by atoms with E-state index in [2.05, 4.69) is 0 Å². The summed E-state index contributed by atoms with van der Waals surface area (Å²) in [6, 6.07) is 11.0. The van der Waals surface area contributed by atoms with Crippen LogP contribution in [0.5, 0.6) is 11.5 Å². The molecule has 2 N–H and O–H groups in total. The molecule has 4 nitrogen and oxygen atoms in total. The lowest BCUT2D eigenvalue weighted by Gasteiger charge is -1.98. The standard InChI is InChI=1S/C15H10O4/c16-8-13-12-6-5-11(18)7-14(12)19-15(13)9-1-3-10(17)4-2-9/h1-8,17-18H. The van der Waals surface area contributed by atoms with Gasteiger partial charge < -0.3 is 14.6 Å². The summed E-state index contributed by atoms with van der Waals surface area (Å²) in [5.74, 6) is 0.650. The zero-order chi connectivity index (χ0) is 13.4. The summed E-state index contributed by atoms with van der Waals surface area (Å²) in [5.41, 5.74) is 1.57. The van der Waals surface area contributed by atoms with E-state index in [-0.39, 0.29) is 11.5 Å². The second-order valence-electron chi connectivity index (χ2n) is 4.19. The molecule has 4 heteroatoms. The van der Waals surface area contributed by atoms with Gasteiger partial charge in [0, 0.05) is 17.0 Å². The largest absolute Gasteiger partial charge is 0.508 e. The van der Waals surface area contributed by atoms with E-state index in [9.17, 15) is 15.0 Å². The molecule has 1 aromatic heterocycles. The lowest BCUT2D eigenvalue weighted by Crippen LogP contribution is -1.82. The topological polar surface area (TPSA) is 70.7 Å². The summed E-state index contributed by atoms with van der Waals surface area (Å²) in [6.07, 6.45) is 0.727. The number of carbonyl (C=O) groups excluding carboxylic acids is 1. The number of aldehydes is 1. The van der Waals surface area contributed by atoms with Gasteiger partial charge >= 0.3 is 0 Å². The molecule has 19 heavy (non-hydrogen) atoms. The molecule has 0 unspecified atom stereocenters. The number of fused-ring (bicyclic) bond motifs is 1. The van der Waals surface area contributed by atoms with Crippen LogP contribution in [0.1, 0.15) is 10.4 Å². The number of rotatable bonds is 2. The highest BCUT2D eigenvalue weighted by Gasteiger charge is 2.15. The van der Waals surface area contributed by atoms with Crippen molar-refractivity contribution in [3.05, 3.63) is 48.0 Å². The van der Waals surface area contributed by atoms with Crippen molar-refractivity contribution in [3.63, 3.8) is 0 Å². The molecule has 0 saturated heterocycles. The average molecular weight is 254 g/mol. The predicted octanol–water partition coefficient (Wildman–Crippen LogP) is 3.32. The second kappa shape index (κ2) is 4.17. The fourth-order valence-electron chi connectivity index (χ4n) is 2.05. The van der Waals surface area contributed by atoms with Gasteiger partial charge in [-0.1, -0.05) is 0 Å². The Morgan fingerprint density at radius 1 is 0.947 bits per heavy atom. The number of phenolic OH excluding ortho intramolecular Hbond substituents is 2. The highest BCUT2D eigenvalue weighted by molar-refractivity contribution is 6.02. The first-order chi connectivity index (χ1) is 9.19. The molecular formula is C15H10O4. The summed E-state index contributed by atoms with van der Waals surface area (Å²) in [4.78, 5) is 11.3. The molecule has 0 fully saturated rings. The molecular weight excluding hydrogens is 244 g/mol. The van der Waals surface area contributed by atoms with Crippen LogP contribution in [-0.4, -0.2) is 16.5 Å². The number of furan rings is 1. The Hall–Kier alpha value is -2.75. The first kappa shape index (κ1) is 11.3. The van der Waals surface area contributed by atoms with Crippen LogP contribution in [0.2, 0.25) is 0 Å². The van der Waals surface area contributed by atoms with E-state index >= 15 is 0 Å². The predicted molar refractivity (Wildman–Crippen MR) is 70.4 cm³/mol. The normalized spacial score (nSPS) is 10.7. The first-order valence-electron chi connectivity index (χ1n) is 5.69. The highest BCUT2D eigenvalue weighted by Crippen LogP contribution is 2.34. The number of hydrogen-bond acceptors (Lipinski definition) is 4. The minimum atomic E-state index is 0.0796. The van der Waals surface area contributed by atoms with E-state index < -0.39 is 0 Å². The van der Waals surface area contributed by atoms with Gasteiger partial charge in [0.25, 0.3) is 0 Å². The number of phenols is 2. The summed E-state index contributed by atoms with van der Waals surface area (Å²) in [6.45, 7) is 0. The quantitative estimate of drug-likeness (QED) is 0.688. The minimum absolute atomic E-state index is 0.0796. The Labute approximate surface area is 108 Å². The zero-order valence-electron chi connectivity index (χ0n) is 9.83. The molecule has 0 saturated carbocycles. The Kier molecular flexibility index (Phi) is 2.49. The molecule has 0 spiro atoms. The van der Waals surface area contributed by atoms with Crippen LogP contribution in [0.15, 0.2) is 46.9 Å². The molecule has 3 rings (SSSR count). The Bertz CT molecular complexity index is 754. The average Bonchev–Trinajstić information content (AvgIpc) is 2.77. The maximum Gasteiger partial charge on any atom is 0.154 e. The van der Waals surface area contributed by atoms with Gasteiger partial charge in [0.1, 0.15) is 22.8 Å². The maximum absolute atomic E-state index is 11.3. The fraction of sp³-hybridized carbons (Fsp3) is 0. The van der Waals surface area contributed by atoms with Crippen molar-refractivity contribution in [1.29, 1.82) is 0 Å². The van der Waals surface area contributed by atoms with Gasteiger partial charge in [-0.25, -0.2) is 0 Å². The number of benzene rings is 2. The van der Waals surface area contributed by atoms with Crippen molar-refractivity contribution >= 4 is 17.3 Å². The van der Waals surface area contributed by atoms with Gasteiger partial charge in [-0.2, -0.15) is 0 Å². The highest BCUT2D eigenvalue weighted by atomic mass is 16.3. The molecule has 3 aromatic rings. The summed E-state index contributed by atoms with van der Waals surface area (Å²) < 4.78 is 5.62. The van der Waals surface area contributed by atoms with E-state index in [1.165, 1.54) is 24.3 Å². The first-order valence-corrected chi connectivity index (χ1v) is 5.69. The van der Waals surface area contributed by atoms with Crippen molar-refractivity contribution in [1.82, 2.24) is 0 Å². The number of carbonyl (C=O) groups is 1. The third-order valence-corrected chi connectivity index (χ3v) is 2.96. The summed E-state index contributed by atoms with van der Waals surface area (Å²) in [5, 5.41) is 19.4. The third kappa shape index (κ3) is 1.83. The second-order valence-corrected chi connectivity index (χ2v) is 4.19. The smallest absolute Gasteiger partial charge is 0.154 e. The maximum atomic E-state index is 11.3. The summed E-state index contributed by atoms with van der Waals surface area (Å²) >= 11 is 0. The van der Waals surface area contributed by atoms with E-state index in [0.29, 0.717) is 27.9 Å². The van der Waals surface area contributed by atoms with Crippen molar-refractivity contribution in [2.45, 2.75) is 0 Å². The van der Waals surface area contributed by atoms with Crippen LogP contribution in [0.25, 0.3) is 22.3 Å². The molecule has 0 bridgehead atoms. The fourth-order valence-corrected chi connectivity index (χ4v) is 2.05. The minimum Gasteiger partial charge on any atom is -0.508 e. The van der Waals surface area contributed by atoms with E-state index in [4.69, 9.17) is 4.42 Å². The van der Waals surface area contributed by atoms with Crippen molar-refractivity contribution < 1.29 is 19.4 Å². The lowest BCUT2D eigenvalue weighted by molar-refractivity contribution is 0.112. The van der Waals surface area contributed by atoms with Crippen molar-refractivity contribution in [2.24, 2.45) is 0 Å². The molecule has 0 aliphatic rings. The SMILES string of the molecule is O=Cc1c(-c2ccc(O)cc2)oc2cc(O)ccc12. The summed E-state index contributed by atoms with van der Waals surface area (Å²) in [7, 11) is 0. The number of aromatic hydroxyl groups is 2. The Balaban J connectivity index is 2.28. The third-order valence-electron chi connectivity index (χ3n) is 2.96. The zero-order valence-corrected chi connectivity index (χ0v) is 9.83. The molecule has 2 aromatic carbocycles. The van der Waals surface area contributed by atoms with Crippen LogP contribution in [0.4, 0.5) is 0 Å². The lowest BCUT2D eigenvalue weighted by atomic mass is 10.1. The molecule has 0 radical (unpaired) electrons. The Morgan fingerprint density at radius 3 is 2.32 bits per heavy atom. The van der Waals surface area contributed by atoms with Crippen molar-refractivity contribution in [2.75, 3.05) is 0 Å². The van der Waals surface area contributed by atoms with Gasteiger partial charge in [-0.3, -0.25) is 4.79 Å². The molecule has 0 atom stereocenters. The molecule has 0 amide bonds. The molecule has 94 valence electrons. The molecule has 0 aliphatic carbocycles. The number of hydrogen-bond donors (Lipinski definition) is 2. The van der Waals surface area contributed by atoms with Gasteiger partial charge in [0.15, 0.2) is 6.29 Å². The Morgan fingerprint density at radius 2 is 1.63 bits per heavy atom. The monoisotopic (exact) mass is 254 g/mol. The van der Waals surface area contributed by atoms with Crippen molar-refractivity contribution in [3.8, 4) is 22.8 Å². The van der Waals surface area contributed by atoms with Crippen LogP contribution in [-0.2, 0) is 0 Å². The van der Waals surface area contributed by atoms with Gasteiger partial charge in [0.05, 0.1) is 5.56 Å². The van der Waals surface area contributed by atoms with Crippen LogP contribution in [0.3, 0.4) is 0 Å². The molecule has 0 aliphatic heterocycles. The van der Waals surface area contributed by atoms with Gasteiger partial charge in [-0.15, -0.1) is 0 Å². The van der Waals surface area contributed by atoms with E-state index in [1.54, 1.807) is 18.2 Å². The van der Waals surface area contributed by atoms with Crippen LogP contribution in [0, 0.1) is 0 Å². The van der Waals surface area contributed by atoms with Gasteiger partial charge in [0.2, 0.25) is 0 Å². The van der Waals surface area contributed by atoms with Crippen LogP contribution < -0.4 is 0 Å². The van der Waals surface area contributed by atoms with Gasteiger partial charge in [-0.05, 0) is 36.4 Å². The van der Waals surface area contributed by atoms with Crippen LogP contribution >= 0.6 is 0 Å². The molecule has 1 heterocycles.